The molecule has 0 radical (unpaired) electrons. The molecule has 0 bridgehead atoms. The Bertz CT molecular complexity index is 754. The van der Waals surface area contributed by atoms with Gasteiger partial charge in [0.1, 0.15) is 12.4 Å². The fourth-order valence-corrected chi connectivity index (χ4v) is 2.52. The minimum Gasteiger partial charge on any atom is -0.489 e. The van der Waals surface area contributed by atoms with Crippen LogP contribution < -0.4 is 4.74 Å². The van der Waals surface area contributed by atoms with Crippen molar-refractivity contribution in [3.8, 4) is 5.75 Å². The van der Waals surface area contributed by atoms with Crippen LogP contribution in [0.4, 0.5) is 0 Å². The van der Waals surface area contributed by atoms with Crippen LogP contribution in [0, 0.1) is 0 Å². The topological polar surface area (TPSA) is 66.8 Å². The monoisotopic (exact) mass is 367 g/mol. The standard InChI is InChI=1S/C22H25NO4/c1-2-15-23(16-14-22(25)26)21(24)13-10-18-8-11-20(12-9-18)27-17-19-6-4-3-5-7-19/h3-13H,2,14-17H2,1H3,(H,25,26)/b13-10+. The number of carbonyl (C=O) groups excluding carboxylic acids is 1. The Balaban J connectivity index is 1.89. The molecule has 0 fully saturated rings. The Kier molecular flexibility index (Phi) is 8.10. The maximum absolute atomic E-state index is 12.3. The third kappa shape index (κ3) is 7.36. The van der Waals surface area contributed by atoms with Crippen LogP contribution in [0.1, 0.15) is 30.9 Å². The number of rotatable bonds is 10. The van der Waals surface area contributed by atoms with Crippen molar-refractivity contribution in [2.24, 2.45) is 0 Å². The van der Waals surface area contributed by atoms with Gasteiger partial charge < -0.3 is 14.7 Å². The highest BCUT2D eigenvalue weighted by molar-refractivity contribution is 5.92. The average molecular weight is 367 g/mol. The van der Waals surface area contributed by atoms with Gasteiger partial charge in [-0.2, -0.15) is 0 Å². The summed E-state index contributed by atoms with van der Waals surface area (Å²) < 4.78 is 5.74. The molecular formula is C22H25NO4. The maximum atomic E-state index is 12.3. The van der Waals surface area contributed by atoms with Gasteiger partial charge in [0.15, 0.2) is 0 Å². The molecule has 5 heteroatoms. The molecule has 0 aliphatic heterocycles. The van der Waals surface area contributed by atoms with Crippen molar-refractivity contribution in [3.63, 3.8) is 0 Å². The number of aliphatic carboxylic acids is 1. The van der Waals surface area contributed by atoms with Gasteiger partial charge in [0.2, 0.25) is 5.91 Å². The van der Waals surface area contributed by atoms with Crippen LogP contribution >= 0.6 is 0 Å². The zero-order chi connectivity index (χ0) is 19.5. The Labute approximate surface area is 159 Å². The van der Waals surface area contributed by atoms with Crippen LogP contribution in [0.25, 0.3) is 6.08 Å². The smallest absolute Gasteiger partial charge is 0.305 e. The van der Waals surface area contributed by atoms with Crippen LogP contribution in [0.3, 0.4) is 0 Å². The molecule has 0 spiro atoms. The van der Waals surface area contributed by atoms with Gasteiger partial charge in [-0.1, -0.05) is 49.4 Å². The summed E-state index contributed by atoms with van der Waals surface area (Å²) in [5.74, 6) is -0.321. The van der Waals surface area contributed by atoms with E-state index >= 15 is 0 Å². The van der Waals surface area contributed by atoms with Crippen LogP contribution in [-0.2, 0) is 16.2 Å². The Morgan fingerprint density at radius 1 is 1.04 bits per heavy atom. The average Bonchev–Trinajstić information content (AvgIpc) is 2.69. The predicted octanol–water partition coefficient (Wildman–Crippen LogP) is 3.99. The number of carboxylic acid groups (broad SMARTS) is 1. The number of benzene rings is 2. The van der Waals surface area contributed by atoms with Gasteiger partial charge in [0, 0.05) is 19.2 Å². The molecule has 2 rings (SSSR count). The second-order valence-electron chi connectivity index (χ2n) is 6.15. The summed E-state index contributed by atoms with van der Waals surface area (Å²) in [6, 6.07) is 17.4. The van der Waals surface area contributed by atoms with Gasteiger partial charge in [0.25, 0.3) is 0 Å². The summed E-state index contributed by atoms with van der Waals surface area (Å²) >= 11 is 0. The zero-order valence-electron chi connectivity index (χ0n) is 15.5. The fraction of sp³-hybridized carbons (Fsp3) is 0.273. The largest absolute Gasteiger partial charge is 0.489 e. The van der Waals surface area contributed by atoms with Crippen LogP contribution in [0.15, 0.2) is 60.7 Å². The van der Waals surface area contributed by atoms with Crippen molar-refractivity contribution in [2.75, 3.05) is 13.1 Å². The van der Waals surface area contributed by atoms with Gasteiger partial charge in [0.05, 0.1) is 6.42 Å². The maximum Gasteiger partial charge on any atom is 0.305 e. The first-order chi connectivity index (χ1) is 13.1. The molecule has 0 aliphatic rings. The molecule has 27 heavy (non-hydrogen) atoms. The first kappa shape index (κ1) is 20.2. The third-order valence-corrected chi connectivity index (χ3v) is 3.95. The molecule has 0 saturated carbocycles. The Morgan fingerprint density at radius 2 is 1.74 bits per heavy atom. The highest BCUT2D eigenvalue weighted by Crippen LogP contribution is 2.15. The molecule has 5 nitrogen and oxygen atoms in total. The van der Waals surface area contributed by atoms with E-state index in [-0.39, 0.29) is 18.9 Å². The molecule has 0 atom stereocenters. The van der Waals surface area contributed by atoms with Crippen molar-refractivity contribution in [2.45, 2.75) is 26.4 Å². The lowest BCUT2D eigenvalue weighted by atomic mass is 10.2. The molecule has 2 aromatic rings. The second-order valence-corrected chi connectivity index (χ2v) is 6.15. The van der Waals surface area contributed by atoms with Crippen LogP contribution in [0.2, 0.25) is 0 Å². The molecule has 0 unspecified atom stereocenters. The fourth-order valence-electron chi connectivity index (χ4n) is 2.52. The Morgan fingerprint density at radius 3 is 2.37 bits per heavy atom. The van der Waals surface area contributed by atoms with Gasteiger partial charge in [-0.25, -0.2) is 0 Å². The van der Waals surface area contributed by atoms with E-state index in [0.29, 0.717) is 13.2 Å². The normalized spacial score (nSPS) is 10.7. The predicted molar refractivity (Wildman–Crippen MR) is 105 cm³/mol. The van der Waals surface area contributed by atoms with E-state index in [1.165, 1.54) is 6.08 Å². The molecule has 1 N–H and O–H groups in total. The summed E-state index contributed by atoms with van der Waals surface area (Å²) in [4.78, 5) is 24.5. The van der Waals surface area contributed by atoms with E-state index in [4.69, 9.17) is 9.84 Å². The summed E-state index contributed by atoms with van der Waals surface area (Å²) in [6.07, 6.45) is 3.95. The van der Waals surface area contributed by atoms with Crippen molar-refractivity contribution < 1.29 is 19.4 Å². The van der Waals surface area contributed by atoms with E-state index in [1.54, 1.807) is 11.0 Å². The van der Waals surface area contributed by atoms with Gasteiger partial charge >= 0.3 is 5.97 Å². The molecule has 142 valence electrons. The summed E-state index contributed by atoms with van der Waals surface area (Å²) in [5.41, 5.74) is 1.98. The summed E-state index contributed by atoms with van der Waals surface area (Å²) in [6.45, 7) is 3.23. The number of ether oxygens (including phenoxy) is 1. The van der Waals surface area contributed by atoms with Crippen molar-refractivity contribution in [3.05, 3.63) is 71.8 Å². The number of hydrogen-bond acceptors (Lipinski definition) is 3. The van der Waals surface area contributed by atoms with E-state index < -0.39 is 5.97 Å². The van der Waals surface area contributed by atoms with Crippen LogP contribution in [-0.4, -0.2) is 35.0 Å². The minimum atomic E-state index is -0.904. The third-order valence-electron chi connectivity index (χ3n) is 3.95. The highest BCUT2D eigenvalue weighted by Gasteiger charge is 2.11. The van der Waals surface area contributed by atoms with Crippen molar-refractivity contribution >= 4 is 18.0 Å². The van der Waals surface area contributed by atoms with Gasteiger partial charge in [-0.05, 0) is 35.8 Å². The van der Waals surface area contributed by atoms with E-state index in [0.717, 1.165) is 23.3 Å². The molecule has 0 heterocycles. The number of nitrogens with zero attached hydrogens (tertiary/aromatic N) is 1. The lowest BCUT2D eigenvalue weighted by Crippen LogP contribution is -2.32. The first-order valence-corrected chi connectivity index (χ1v) is 9.04. The summed E-state index contributed by atoms with van der Waals surface area (Å²) in [7, 11) is 0. The van der Waals surface area contributed by atoms with E-state index in [9.17, 15) is 9.59 Å². The Hall–Kier alpha value is -3.08. The lowest BCUT2D eigenvalue weighted by Gasteiger charge is -2.19. The molecule has 1 amide bonds. The first-order valence-electron chi connectivity index (χ1n) is 9.04. The van der Waals surface area contributed by atoms with Crippen LogP contribution in [0.5, 0.6) is 5.75 Å². The minimum absolute atomic E-state index is 0.0486. The molecule has 0 aliphatic carbocycles. The van der Waals surface area contributed by atoms with E-state index in [2.05, 4.69) is 0 Å². The number of carbonyl (C=O) groups is 2. The van der Waals surface area contributed by atoms with Gasteiger partial charge in [-0.15, -0.1) is 0 Å². The van der Waals surface area contributed by atoms with Gasteiger partial charge in [-0.3, -0.25) is 9.59 Å². The SMILES string of the molecule is CCCN(CCC(=O)O)C(=O)/C=C/c1ccc(OCc2ccccc2)cc1. The lowest BCUT2D eigenvalue weighted by molar-refractivity contribution is -0.138. The summed E-state index contributed by atoms with van der Waals surface area (Å²) in [5, 5.41) is 8.79. The number of carboxylic acids is 1. The van der Waals surface area contributed by atoms with Crippen molar-refractivity contribution in [1.29, 1.82) is 0 Å². The molecule has 2 aromatic carbocycles. The molecule has 0 aromatic heterocycles. The highest BCUT2D eigenvalue weighted by atomic mass is 16.5. The quantitative estimate of drug-likeness (QED) is 0.645. The molecular weight excluding hydrogens is 342 g/mol. The number of hydrogen-bond donors (Lipinski definition) is 1. The second kappa shape index (κ2) is 10.8. The van der Waals surface area contributed by atoms with Crippen molar-refractivity contribution in [1.82, 2.24) is 4.90 Å². The van der Waals surface area contributed by atoms with E-state index in [1.807, 2.05) is 61.5 Å². The zero-order valence-corrected chi connectivity index (χ0v) is 15.5. The molecule has 0 saturated heterocycles. The number of amides is 1.